The monoisotopic (exact) mass is 422 g/mol. The summed E-state index contributed by atoms with van der Waals surface area (Å²) in [6, 6.07) is 14.2. The maximum absolute atomic E-state index is 13.0. The number of amides is 1. The summed E-state index contributed by atoms with van der Waals surface area (Å²) in [5.74, 6) is 0.586. The second-order valence-corrected chi connectivity index (χ2v) is 8.98. The summed E-state index contributed by atoms with van der Waals surface area (Å²) in [6.45, 7) is 5.98. The summed E-state index contributed by atoms with van der Waals surface area (Å²) in [5.41, 5.74) is 2.60. The third-order valence-corrected chi connectivity index (χ3v) is 6.27. The molecule has 3 heterocycles. The number of rotatable bonds is 7. The zero-order valence-corrected chi connectivity index (χ0v) is 18.3. The van der Waals surface area contributed by atoms with Crippen molar-refractivity contribution in [1.82, 2.24) is 19.5 Å². The molecule has 0 aliphatic carbocycles. The molecule has 1 atom stereocenters. The van der Waals surface area contributed by atoms with Crippen LogP contribution in [0.5, 0.6) is 0 Å². The SMILES string of the molecule is CCc1nn(CC(=O)NC(C)CCc2ccccc2)c(=O)c2cc3sc(C)cc3n12. The highest BCUT2D eigenvalue weighted by Crippen LogP contribution is 2.28. The molecule has 7 heteroatoms. The first-order valence-electron chi connectivity index (χ1n) is 10.3. The van der Waals surface area contributed by atoms with Crippen molar-refractivity contribution in [2.45, 2.75) is 52.6 Å². The molecule has 1 N–H and O–H groups in total. The smallest absolute Gasteiger partial charge is 0.291 e. The van der Waals surface area contributed by atoms with Gasteiger partial charge < -0.3 is 5.32 Å². The van der Waals surface area contributed by atoms with Crippen molar-refractivity contribution in [3.05, 3.63) is 69.1 Å². The molecule has 1 unspecified atom stereocenters. The van der Waals surface area contributed by atoms with E-state index in [9.17, 15) is 9.59 Å². The number of fused-ring (bicyclic) bond motifs is 3. The van der Waals surface area contributed by atoms with Crippen LogP contribution in [-0.4, -0.2) is 26.1 Å². The van der Waals surface area contributed by atoms with Gasteiger partial charge in [-0.2, -0.15) is 5.10 Å². The Morgan fingerprint density at radius 1 is 1.20 bits per heavy atom. The maximum atomic E-state index is 13.0. The molecular formula is C23H26N4O2S. The molecule has 1 aromatic carbocycles. The van der Waals surface area contributed by atoms with E-state index in [1.165, 1.54) is 15.1 Å². The molecule has 4 aromatic rings. The van der Waals surface area contributed by atoms with Gasteiger partial charge in [0.25, 0.3) is 5.56 Å². The van der Waals surface area contributed by atoms with Gasteiger partial charge >= 0.3 is 0 Å². The van der Waals surface area contributed by atoms with E-state index in [0.717, 1.165) is 28.9 Å². The summed E-state index contributed by atoms with van der Waals surface area (Å²) >= 11 is 1.66. The molecule has 3 aromatic heterocycles. The van der Waals surface area contributed by atoms with Gasteiger partial charge in [0.15, 0.2) is 0 Å². The van der Waals surface area contributed by atoms with Crippen LogP contribution >= 0.6 is 11.3 Å². The van der Waals surface area contributed by atoms with Crippen LogP contribution in [0, 0.1) is 6.92 Å². The Morgan fingerprint density at radius 3 is 2.70 bits per heavy atom. The average Bonchev–Trinajstić information content (AvgIpc) is 3.26. The lowest BCUT2D eigenvalue weighted by atomic mass is 10.1. The van der Waals surface area contributed by atoms with E-state index in [1.807, 2.05) is 42.5 Å². The van der Waals surface area contributed by atoms with Crippen LogP contribution in [0.1, 0.15) is 36.5 Å². The van der Waals surface area contributed by atoms with Crippen molar-refractivity contribution in [3.63, 3.8) is 0 Å². The Bertz CT molecular complexity index is 1250. The van der Waals surface area contributed by atoms with Gasteiger partial charge in [-0.05, 0) is 44.4 Å². The van der Waals surface area contributed by atoms with Gasteiger partial charge in [-0.25, -0.2) is 4.68 Å². The standard InChI is InChI=1S/C23H26N4O2S/c1-4-21-25-26(23(29)19-13-20-18(27(19)21)12-16(3)30-20)14-22(28)24-15(2)10-11-17-8-6-5-7-9-17/h5-9,12-13,15H,4,10-11,14H2,1-3H3,(H,24,28). The number of nitrogens with one attached hydrogen (secondary N) is 1. The molecule has 4 rings (SSSR count). The number of hydrogen-bond donors (Lipinski definition) is 1. The molecule has 0 fully saturated rings. The van der Waals surface area contributed by atoms with Gasteiger partial charge in [0.05, 0.1) is 10.2 Å². The third-order valence-electron chi connectivity index (χ3n) is 5.29. The van der Waals surface area contributed by atoms with Crippen LogP contribution in [0.15, 0.2) is 47.3 Å². The summed E-state index contributed by atoms with van der Waals surface area (Å²) in [4.78, 5) is 26.8. The van der Waals surface area contributed by atoms with Gasteiger partial charge in [0.1, 0.15) is 17.9 Å². The molecule has 0 saturated carbocycles. The number of aryl methyl sites for hydroxylation is 3. The lowest BCUT2D eigenvalue weighted by Gasteiger charge is -2.15. The van der Waals surface area contributed by atoms with Crippen LogP contribution in [-0.2, 0) is 24.2 Å². The Balaban J connectivity index is 1.51. The first-order valence-corrected chi connectivity index (χ1v) is 11.1. The van der Waals surface area contributed by atoms with Gasteiger partial charge in [-0.1, -0.05) is 37.3 Å². The molecule has 0 saturated heterocycles. The van der Waals surface area contributed by atoms with E-state index < -0.39 is 0 Å². The second kappa shape index (κ2) is 8.44. The molecule has 0 aliphatic rings. The lowest BCUT2D eigenvalue weighted by Crippen LogP contribution is -2.39. The Morgan fingerprint density at radius 2 is 1.97 bits per heavy atom. The number of thiophene rings is 1. The number of carbonyl (C=O) groups is 1. The van der Waals surface area contributed by atoms with Gasteiger partial charge in [-0.15, -0.1) is 11.3 Å². The van der Waals surface area contributed by atoms with Crippen molar-refractivity contribution in [2.75, 3.05) is 0 Å². The van der Waals surface area contributed by atoms with Crippen molar-refractivity contribution < 1.29 is 4.79 Å². The van der Waals surface area contributed by atoms with Crippen LogP contribution in [0.3, 0.4) is 0 Å². The summed E-state index contributed by atoms with van der Waals surface area (Å²) < 4.78 is 4.29. The molecule has 30 heavy (non-hydrogen) atoms. The van der Waals surface area contributed by atoms with E-state index in [1.54, 1.807) is 11.3 Å². The number of nitrogens with zero attached hydrogens (tertiary/aromatic N) is 3. The molecular weight excluding hydrogens is 396 g/mol. The maximum Gasteiger partial charge on any atom is 0.291 e. The van der Waals surface area contributed by atoms with Crippen molar-refractivity contribution in [2.24, 2.45) is 0 Å². The number of carbonyl (C=O) groups excluding carboxylic acids is 1. The van der Waals surface area contributed by atoms with Gasteiger partial charge in [-0.3, -0.25) is 14.0 Å². The molecule has 0 spiro atoms. The van der Waals surface area contributed by atoms with Crippen LogP contribution < -0.4 is 10.9 Å². The highest BCUT2D eigenvalue weighted by Gasteiger charge is 2.17. The molecule has 0 bridgehead atoms. The normalized spacial score (nSPS) is 12.5. The predicted octanol–water partition coefficient (Wildman–Crippen LogP) is 3.72. The number of aromatic nitrogens is 3. The van der Waals surface area contributed by atoms with E-state index in [4.69, 9.17) is 0 Å². The Kier molecular flexibility index (Phi) is 5.72. The van der Waals surface area contributed by atoms with E-state index in [0.29, 0.717) is 11.9 Å². The van der Waals surface area contributed by atoms with Gasteiger partial charge in [0.2, 0.25) is 5.91 Å². The van der Waals surface area contributed by atoms with Crippen molar-refractivity contribution in [3.8, 4) is 0 Å². The molecule has 6 nitrogen and oxygen atoms in total. The van der Waals surface area contributed by atoms with Crippen LogP contribution in [0.2, 0.25) is 0 Å². The number of benzene rings is 1. The highest BCUT2D eigenvalue weighted by atomic mass is 32.1. The molecule has 1 amide bonds. The summed E-state index contributed by atoms with van der Waals surface area (Å²) in [5, 5.41) is 7.50. The van der Waals surface area contributed by atoms with Crippen molar-refractivity contribution in [1.29, 1.82) is 0 Å². The first kappa shape index (κ1) is 20.3. The van der Waals surface area contributed by atoms with Crippen LogP contribution in [0.25, 0.3) is 15.7 Å². The van der Waals surface area contributed by atoms with Crippen molar-refractivity contribution >= 4 is 33.0 Å². The third kappa shape index (κ3) is 4.03. The quantitative estimate of drug-likeness (QED) is 0.494. The van der Waals surface area contributed by atoms with Gasteiger partial charge in [0, 0.05) is 17.3 Å². The number of hydrogen-bond acceptors (Lipinski definition) is 4. The minimum absolute atomic E-state index is 0.0180. The zero-order valence-electron chi connectivity index (χ0n) is 17.5. The van der Waals surface area contributed by atoms with E-state index in [-0.39, 0.29) is 24.1 Å². The minimum Gasteiger partial charge on any atom is -0.352 e. The molecule has 156 valence electrons. The Labute approximate surface area is 179 Å². The zero-order chi connectivity index (χ0) is 21.3. The Hall–Kier alpha value is -2.93. The molecule has 0 radical (unpaired) electrons. The van der Waals surface area contributed by atoms with Crippen LogP contribution in [0.4, 0.5) is 0 Å². The lowest BCUT2D eigenvalue weighted by molar-refractivity contribution is -0.122. The molecule has 0 aliphatic heterocycles. The second-order valence-electron chi connectivity index (χ2n) is 7.70. The minimum atomic E-state index is -0.236. The highest BCUT2D eigenvalue weighted by molar-refractivity contribution is 7.19. The fourth-order valence-electron chi connectivity index (χ4n) is 3.81. The fourth-order valence-corrected chi connectivity index (χ4v) is 4.75. The summed E-state index contributed by atoms with van der Waals surface area (Å²) in [6.07, 6.45) is 2.41. The predicted molar refractivity (Wildman–Crippen MR) is 121 cm³/mol. The van der Waals surface area contributed by atoms with E-state index in [2.05, 4.69) is 35.5 Å². The summed E-state index contributed by atoms with van der Waals surface area (Å²) in [7, 11) is 0. The largest absolute Gasteiger partial charge is 0.352 e. The first-order chi connectivity index (χ1) is 14.5. The fraction of sp³-hybridized carbons (Fsp3) is 0.348. The topological polar surface area (TPSA) is 68.4 Å². The van der Waals surface area contributed by atoms with E-state index >= 15 is 0 Å². The average molecular weight is 423 g/mol.